The van der Waals surface area contributed by atoms with Crippen LogP contribution in [0.15, 0.2) is 51.6 Å². The Morgan fingerprint density at radius 2 is 2.00 bits per heavy atom. The molecule has 3 heterocycles. The number of benzene rings is 1. The van der Waals surface area contributed by atoms with Gasteiger partial charge < -0.3 is 13.8 Å². The van der Waals surface area contributed by atoms with E-state index in [0.29, 0.717) is 42.1 Å². The van der Waals surface area contributed by atoms with Gasteiger partial charge in [-0.2, -0.15) is 4.98 Å². The number of nitrogens with zero attached hydrogens (tertiary/aromatic N) is 4. The Balaban J connectivity index is 1.34. The fourth-order valence-corrected chi connectivity index (χ4v) is 3.11. The molecule has 26 heavy (non-hydrogen) atoms. The molecule has 134 valence electrons. The highest BCUT2D eigenvalue weighted by atomic mass is 35.5. The summed E-state index contributed by atoms with van der Waals surface area (Å²) in [5.74, 6) is 1.37. The van der Waals surface area contributed by atoms with Crippen LogP contribution in [0.1, 0.15) is 16.4 Å². The highest BCUT2D eigenvalue weighted by Crippen LogP contribution is 2.20. The maximum atomic E-state index is 12.3. The van der Waals surface area contributed by atoms with E-state index in [1.54, 1.807) is 29.2 Å². The maximum absolute atomic E-state index is 12.3. The molecule has 1 aliphatic heterocycles. The number of hydrogen-bond donors (Lipinski definition) is 0. The molecule has 1 fully saturated rings. The van der Waals surface area contributed by atoms with Crippen molar-refractivity contribution in [3.63, 3.8) is 0 Å². The molecule has 8 heteroatoms. The Kier molecular flexibility index (Phi) is 4.73. The molecular formula is C18H17ClN4O3. The second kappa shape index (κ2) is 7.31. The van der Waals surface area contributed by atoms with Crippen LogP contribution >= 0.6 is 11.6 Å². The van der Waals surface area contributed by atoms with Crippen molar-refractivity contribution in [2.75, 3.05) is 26.2 Å². The average Bonchev–Trinajstić information content (AvgIpc) is 3.34. The molecule has 1 aromatic carbocycles. The maximum Gasteiger partial charge on any atom is 0.289 e. The van der Waals surface area contributed by atoms with E-state index in [-0.39, 0.29) is 5.91 Å². The third-order valence-corrected chi connectivity index (χ3v) is 4.54. The van der Waals surface area contributed by atoms with Crippen molar-refractivity contribution in [3.05, 3.63) is 59.3 Å². The largest absolute Gasteiger partial charge is 0.459 e. The number of aromatic nitrogens is 2. The molecule has 1 aliphatic rings. The normalized spacial score (nSPS) is 15.3. The highest BCUT2D eigenvalue weighted by Gasteiger charge is 2.24. The third-order valence-electron chi connectivity index (χ3n) is 4.30. The van der Waals surface area contributed by atoms with Crippen LogP contribution in [0.4, 0.5) is 0 Å². The molecule has 0 atom stereocenters. The fraction of sp³-hybridized carbons (Fsp3) is 0.278. The van der Waals surface area contributed by atoms with Crippen molar-refractivity contribution in [3.8, 4) is 11.4 Å². The van der Waals surface area contributed by atoms with Crippen molar-refractivity contribution in [1.82, 2.24) is 19.9 Å². The van der Waals surface area contributed by atoms with Gasteiger partial charge in [0.1, 0.15) is 0 Å². The van der Waals surface area contributed by atoms with Gasteiger partial charge in [-0.15, -0.1) is 0 Å². The molecule has 1 amide bonds. The second-order valence-corrected chi connectivity index (χ2v) is 6.50. The second-order valence-electron chi connectivity index (χ2n) is 6.07. The van der Waals surface area contributed by atoms with Gasteiger partial charge in [-0.25, -0.2) is 0 Å². The topological polar surface area (TPSA) is 75.6 Å². The van der Waals surface area contributed by atoms with Gasteiger partial charge in [-0.05, 0) is 24.3 Å². The van der Waals surface area contributed by atoms with E-state index in [1.807, 2.05) is 12.1 Å². The summed E-state index contributed by atoms with van der Waals surface area (Å²) in [5, 5.41) is 4.65. The van der Waals surface area contributed by atoms with Crippen LogP contribution in [-0.4, -0.2) is 52.0 Å². The number of hydrogen-bond acceptors (Lipinski definition) is 6. The Labute approximate surface area is 155 Å². The van der Waals surface area contributed by atoms with Gasteiger partial charge in [0.05, 0.1) is 12.8 Å². The number of rotatable bonds is 4. The number of carbonyl (C=O) groups is 1. The van der Waals surface area contributed by atoms with Crippen LogP contribution in [0.3, 0.4) is 0 Å². The van der Waals surface area contributed by atoms with E-state index in [9.17, 15) is 4.79 Å². The number of furan rings is 1. The molecule has 0 N–H and O–H groups in total. The van der Waals surface area contributed by atoms with E-state index in [1.165, 1.54) is 6.26 Å². The molecule has 0 bridgehead atoms. The summed E-state index contributed by atoms with van der Waals surface area (Å²) in [4.78, 5) is 20.7. The standard InChI is InChI=1S/C18H17ClN4O3/c19-14-4-1-3-13(11-14)17-20-16(26-21-17)12-22-6-8-23(9-7-22)18(24)15-5-2-10-25-15/h1-5,10-11H,6-9,12H2. The molecule has 3 aromatic rings. The summed E-state index contributed by atoms with van der Waals surface area (Å²) < 4.78 is 10.5. The van der Waals surface area contributed by atoms with Gasteiger partial charge in [0.25, 0.3) is 5.91 Å². The van der Waals surface area contributed by atoms with Crippen LogP contribution in [0, 0.1) is 0 Å². The van der Waals surface area contributed by atoms with Crippen molar-refractivity contribution in [2.45, 2.75) is 6.54 Å². The zero-order valence-corrected chi connectivity index (χ0v) is 14.7. The molecule has 7 nitrogen and oxygen atoms in total. The van der Waals surface area contributed by atoms with E-state index < -0.39 is 0 Å². The average molecular weight is 373 g/mol. The lowest BCUT2D eigenvalue weighted by atomic mass is 10.2. The summed E-state index contributed by atoms with van der Waals surface area (Å²) in [6.45, 7) is 3.29. The Morgan fingerprint density at radius 1 is 1.15 bits per heavy atom. The fourth-order valence-electron chi connectivity index (χ4n) is 2.92. The van der Waals surface area contributed by atoms with Crippen molar-refractivity contribution in [2.24, 2.45) is 0 Å². The first-order valence-electron chi connectivity index (χ1n) is 8.33. The summed E-state index contributed by atoms with van der Waals surface area (Å²) in [6, 6.07) is 10.7. The molecule has 4 rings (SSSR count). The highest BCUT2D eigenvalue weighted by molar-refractivity contribution is 6.30. The van der Waals surface area contributed by atoms with Gasteiger partial charge in [-0.3, -0.25) is 9.69 Å². The van der Waals surface area contributed by atoms with Gasteiger partial charge in [-0.1, -0.05) is 28.9 Å². The summed E-state index contributed by atoms with van der Waals surface area (Å²) >= 11 is 6.00. The molecule has 0 spiro atoms. The molecule has 1 saturated heterocycles. The van der Waals surface area contributed by atoms with Crippen molar-refractivity contribution in [1.29, 1.82) is 0 Å². The van der Waals surface area contributed by atoms with Gasteiger partial charge >= 0.3 is 0 Å². The first-order valence-corrected chi connectivity index (χ1v) is 8.70. The first kappa shape index (κ1) is 16.8. The Morgan fingerprint density at radius 3 is 2.73 bits per heavy atom. The zero-order valence-electron chi connectivity index (χ0n) is 14.0. The Hall–Kier alpha value is -2.64. The zero-order chi connectivity index (χ0) is 17.9. The Bertz CT molecular complexity index is 885. The van der Waals surface area contributed by atoms with Gasteiger partial charge in [0.2, 0.25) is 11.7 Å². The van der Waals surface area contributed by atoms with Crippen LogP contribution < -0.4 is 0 Å². The van der Waals surface area contributed by atoms with Crippen molar-refractivity contribution < 1.29 is 13.7 Å². The first-order chi connectivity index (χ1) is 12.7. The van der Waals surface area contributed by atoms with Crippen LogP contribution in [0.5, 0.6) is 0 Å². The lowest BCUT2D eigenvalue weighted by molar-refractivity contribution is 0.0585. The molecule has 2 aromatic heterocycles. The van der Waals surface area contributed by atoms with Crippen LogP contribution in [0.25, 0.3) is 11.4 Å². The number of carbonyl (C=O) groups excluding carboxylic acids is 1. The number of amides is 1. The molecule has 0 radical (unpaired) electrons. The predicted molar refractivity (Wildman–Crippen MR) is 94.6 cm³/mol. The molecule has 0 unspecified atom stereocenters. The van der Waals surface area contributed by atoms with E-state index in [2.05, 4.69) is 15.0 Å². The monoisotopic (exact) mass is 372 g/mol. The quantitative estimate of drug-likeness (QED) is 0.701. The summed E-state index contributed by atoms with van der Waals surface area (Å²) in [6.07, 6.45) is 1.51. The molecule has 0 aliphatic carbocycles. The molecular weight excluding hydrogens is 356 g/mol. The lowest BCUT2D eigenvalue weighted by Gasteiger charge is -2.33. The minimum Gasteiger partial charge on any atom is -0.459 e. The minimum atomic E-state index is -0.0734. The summed E-state index contributed by atoms with van der Waals surface area (Å²) in [5.41, 5.74) is 0.821. The third kappa shape index (κ3) is 3.63. The van der Waals surface area contributed by atoms with Crippen LogP contribution in [0.2, 0.25) is 5.02 Å². The lowest BCUT2D eigenvalue weighted by Crippen LogP contribution is -2.48. The number of piperazine rings is 1. The van der Waals surface area contributed by atoms with Gasteiger partial charge in [0, 0.05) is 36.8 Å². The van der Waals surface area contributed by atoms with Crippen LogP contribution in [-0.2, 0) is 6.54 Å². The van der Waals surface area contributed by atoms with E-state index in [4.69, 9.17) is 20.5 Å². The van der Waals surface area contributed by atoms with Crippen molar-refractivity contribution >= 4 is 17.5 Å². The minimum absolute atomic E-state index is 0.0734. The molecule has 0 saturated carbocycles. The van der Waals surface area contributed by atoms with Gasteiger partial charge in [0.15, 0.2) is 5.76 Å². The van der Waals surface area contributed by atoms with E-state index >= 15 is 0 Å². The SMILES string of the molecule is O=C(c1ccco1)N1CCN(Cc2nc(-c3cccc(Cl)c3)no2)CC1. The smallest absolute Gasteiger partial charge is 0.289 e. The summed E-state index contributed by atoms with van der Waals surface area (Å²) in [7, 11) is 0. The number of halogens is 1. The predicted octanol–water partition coefficient (Wildman–Crippen LogP) is 2.94. The van der Waals surface area contributed by atoms with E-state index in [0.717, 1.165) is 18.7 Å².